The third-order valence-electron chi connectivity index (χ3n) is 3.64. The highest BCUT2D eigenvalue weighted by Crippen LogP contribution is 2.28. The van der Waals surface area contributed by atoms with Crippen LogP contribution in [0.3, 0.4) is 0 Å². The van der Waals surface area contributed by atoms with Gasteiger partial charge in [-0.15, -0.1) is 0 Å². The standard InChI is InChI=1S/C16H18FN3O3/c1-10-7-12(20-23-10)9-18-16(21)19-11-5-6-15(14(17)8-11)22-13-3-2-4-13/h5-8,13H,2-4,9H2,1H3,(H2,18,19,21). The number of rotatable bonds is 5. The molecule has 0 unspecified atom stereocenters. The average molecular weight is 319 g/mol. The van der Waals surface area contributed by atoms with Crippen molar-refractivity contribution in [1.29, 1.82) is 0 Å². The van der Waals surface area contributed by atoms with E-state index in [0.29, 0.717) is 17.1 Å². The van der Waals surface area contributed by atoms with Crippen LogP contribution in [0.1, 0.15) is 30.7 Å². The highest BCUT2D eigenvalue weighted by Gasteiger charge is 2.20. The number of anilines is 1. The smallest absolute Gasteiger partial charge is 0.319 e. The normalized spacial score (nSPS) is 14.2. The molecule has 2 amide bonds. The summed E-state index contributed by atoms with van der Waals surface area (Å²) in [4.78, 5) is 11.8. The van der Waals surface area contributed by atoms with Gasteiger partial charge in [0.05, 0.1) is 12.6 Å². The number of urea groups is 1. The highest BCUT2D eigenvalue weighted by molar-refractivity contribution is 5.89. The van der Waals surface area contributed by atoms with Gasteiger partial charge in [0.1, 0.15) is 11.5 Å². The number of aromatic nitrogens is 1. The number of hydrogen-bond acceptors (Lipinski definition) is 4. The predicted molar refractivity (Wildman–Crippen MR) is 81.8 cm³/mol. The number of aryl methyl sites for hydroxylation is 1. The third kappa shape index (κ3) is 4.00. The van der Waals surface area contributed by atoms with Gasteiger partial charge in [-0.1, -0.05) is 5.16 Å². The van der Waals surface area contributed by atoms with E-state index in [1.807, 2.05) is 0 Å². The summed E-state index contributed by atoms with van der Waals surface area (Å²) < 4.78 is 24.4. The summed E-state index contributed by atoms with van der Waals surface area (Å²) in [6, 6.07) is 5.67. The number of nitrogens with zero attached hydrogens (tertiary/aromatic N) is 1. The van der Waals surface area contributed by atoms with Gasteiger partial charge in [0, 0.05) is 17.8 Å². The number of amides is 2. The maximum absolute atomic E-state index is 14.0. The molecule has 1 aromatic carbocycles. The Morgan fingerprint density at radius 1 is 1.43 bits per heavy atom. The Morgan fingerprint density at radius 3 is 2.87 bits per heavy atom. The molecule has 0 saturated heterocycles. The van der Waals surface area contributed by atoms with Crippen molar-refractivity contribution in [3.8, 4) is 5.75 Å². The van der Waals surface area contributed by atoms with E-state index in [1.54, 1.807) is 19.1 Å². The van der Waals surface area contributed by atoms with Gasteiger partial charge >= 0.3 is 6.03 Å². The molecule has 2 N–H and O–H groups in total. The maximum atomic E-state index is 14.0. The molecule has 1 saturated carbocycles. The van der Waals surface area contributed by atoms with E-state index in [2.05, 4.69) is 15.8 Å². The lowest BCUT2D eigenvalue weighted by Crippen LogP contribution is -2.28. The summed E-state index contributed by atoms with van der Waals surface area (Å²) in [6.07, 6.45) is 3.15. The van der Waals surface area contributed by atoms with Crippen molar-refractivity contribution in [3.05, 3.63) is 41.5 Å². The van der Waals surface area contributed by atoms with Gasteiger partial charge in [0.2, 0.25) is 0 Å². The fourth-order valence-electron chi connectivity index (χ4n) is 2.19. The molecule has 1 fully saturated rings. The Hall–Kier alpha value is -2.57. The molecule has 122 valence electrons. The van der Waals surface area contributed by atoms with Gasteiger partial charge < -0.3 is 19.9 Å². The first-order valence-corrected chi connectivity index (χ1v) is 7.53. The van der Waals surface area contributed by atoms with E-state index in [9.17, 15) is 9.18 Å². The Balaban J connectivity index is 1.52. The van der Waals surface area contributed by atoms with Crippen molar-refractivity contribution in [2.24, 2.45) is 0 Å². The van der Waals surface area contributed by atoms with Crippen molar-refractivity contribution in [2.45, 2.75) is 38.8 Å². The molecule has 0 aliphatic heterocycles. The molecule has 0 radical (unpaired) electrons. The van der Waals surface area contributed by atoms with Gasteiger partial charge in [-0.3, -0.25) is 0 Å². The van der Waals surface area contributed by atoms with Crippen LogP contribution >= 0.6 is 0 Å². The van der Waals surface area contributed by atoms with Crippen molar-refractivity contribution in [3.63, 3.8) is 0 Å². The van der Waals surface area contributed by atoms with Crippen LogP contribution in [0.2, 0.25) is 0 Å². The maximum Gasteiger partial charge on any atom is 0.319 e. The van der Waals surface area contributed by atoms with Gasteiger partial charge in [0.15, 0.2) is 11.6 Å². The van der Waals surface area contributed by atoms with Crippen LogP contribution in [-0.4, -0.2) is 17.3 Å². The summed E-state index contributed by atoms with van der Waals surface area (Å²) in [5, 5.41) is 8.95. The molecule has 0 bridgehead atoms. The number of carbonyl (C=O) groups excluding carboxylic acids is 1. The largest absolute Gasteiger partial charge is 0.487 e. The van der Waals surface area contributed by atoms with Gasteiger partial charge in [-0.05, 0) is 38.3 Å². The highest BCUT2D eigenvalue weighted by atomic mass is 19.1. The molecule has 0 spiro atoms. The van der Waals surface area contributed by atoms with E-state index in [-0.39, 0.29) is 18.4 Å². The van der Waals surface area contributed by atoms with Crippen LogP contribution in [0.25, 0.3) is 0 Å². The van der Waals surface area contributed by atoms with Crippen LogP contribution in [-0.2, 0) is 6.54 Å². The number of carbonyl (C=O) groups is 1. The Bertz CT molecular complexity index is 698. The number of ether oxygens (including phenoxy) is 1. The summed E-state index contributed by atoms with van der Waals surface area (Å²) in [5.41, 5.74) is 0.977. The van der Waals surface area contributed by atoms with Crippen LogP contribution in [0.15, 0.2) is 28.8 Å². The fourth-order valence-corrected chi connectivity index (χ4v) is 2.19. The van der Waals surface area contributed by atoms with Crippen LogP contribution in [0.4, 0.5) is 14.9 Å². The van der Waals surface area contributed by atoms with Crippen molar-refractivity contribution in [1.82, 2.24) is 10.5 Å². The second-order valence-corrected chi connectivity index (χ2v) is 5.55. The Kier molecular flexibility index (Phi) is 4.45. The molecular weight excluding hydrogens is 301 g/mol. The molecule has 3 rings (SSSR count). The zero-order valence-corrected chi connectivity index (χ0v) is 12.8. The lowest BCUT2D eigenvalue weighted by molar-refractivity contribution is 0.115. The minimum absolute atomic E-state index is 0.109. The van der Waals surface area contributed by atoms with Crippen LogP contribution in [0.5, 0.6) is 5.75 Å². The lowest BCUT2D eigenvalue weighted by atomic mass is 9.96. The molecule has 0 atom stereocenters. The number of benzene rings is 1. The number of nitrogens with one attached hydrogen (secondary N) is 2. The SMILES string of the molecule is Cc1cc(CNC(=O)Nc2ccc(OC3CCC3)c(F)c2)no1. The van der Waals surface area contributed by atoms with Crippen molar-refractivity contribution in [2.75, 3.05) is 5.32 Å². The summed E-state index contributed by atoms with van der Waals surface area (Å²) in [5.74, 6) is 0.409. The van der Waals surface area contributed by atoms with E-state index in [0.717, 1.165) is 19.3 Å². The van der Waals surface area contributed by atoms with Gasteiger partial charge in [0.25, 0.3) is 0 Å². The fraction of sp³-hybridized carbons (Fsp3) is 0.375. The molecule has 23 heavy (non-hydrogen) atoms. The minimum Gasteiger partial charge on any atom is -0.487 e. The second-order valence-electron chi connectivity index (χ2n) is 5.55. The quantitative estimate of drug-likeness (QED) is 0.886. The molecule has 6 nitrogen and oxygen atoms in total. The molecule has 1 heterocycles. The molecule has 2 aromatic rings. The first-order chi connectivity index (χ1) is 11.1. The van der Waals surface area contributed by atoms with Crippen LogP contribution < -0.4 is 15.4 Å². The summed E-state index contributed by atoms with van der Waals surface area (Å²) in [6.45, 7) is 2.00. The number of halogens is 1. The molecule has 1 aromatic heterocycles. The first-order valence-electron chi connectivity index (χ1n) is 7.53. The van der Waals surface area contributed by atoms with Crippen LogP contribution in [0, 0.1) is 12.7 Å². The Morgan fingerprint density at radius 2 is 2.26 bits per heavy atom. The zero-order chi connectivity index (χ0) is 16.2. The topological polar surface area (TPSA) is 76.4 Å². The minimum atomic E-state index is -0.484. The average Bonchev–Trinajstić information content (AvgIpc) is 2.88. The van der Waals surface area contributed by atoms with E-state index in [4.69, 9.17) is 9.26 Å². The first kappa shape index (κ1) is 15.3. The second kappa shape index (κ2) is 6.68. The van der Waals surface area contributed by atoms with E-state index >= 15 is 0 Å². The van der Waals surface area contributed by atoms with Crippen molar-refractivity contribution < 1.29 is 18.4 Å². The third-order valence-corrected chi connectivity index (χ3v) is 3.64. The number of hydrogen-bond donors (Lipinski definition) is 2. The summed E-state index contributed by atoms with van der Waals surface area (Å²) >= 11 is 0. The molecule has 1 aliphatic carbocycles. The lowest BCUT2D eigenvalue weighted by Gasteiger charge is -2.26. The molecule has 7 heteroatoms. The van der Waals surface area contributed by atoms with E-state index < -0.39 is 11.8 Å². The monoisotopic (exact) mass is 319 g/mol. The van der Waals surface area contributed by atoms with Crippen molar-refractivity contribution >= 4 is 11.7 Å². The molecular formula is C16H18FN3O3. The molecule has 1 aliphatic rings. The van der Waals surface area contributed by atoms with Gasteiger partial charge in [-0.2, -0.15) is 0 Å². The Labute approximate surface area is 133 Å². The predicted octanol–water partition coefficient (Wildman–Crippen LogP) is 3.38. The van der Waals surface area contributed by atoms with Gasteiger partial charge in [-0.25, -0.2) is 9.18 Å². The van der Waals surface area contributed by atoms with E-state index in [1.165, 1.54) is 12.1 Å². The zero-order valence-electron chi connectivity index (χ0n) is 12.8. The summed E-state index contributed by atoms with van der Waals surface area (Å²) in [7, 11) is 0.